The second-order valence-electron chi connectivity index (χ2n) is 3.68. The maximum Gasteiger partial charge on any atom is 0.338 e. The summed E-state index contributed by atoms with van der Waals surface area (Å²) in [5, 5.41) is 0. The molecule has 0 aliphatic carbocycles. The number of carbonyl (C=O) groups is 2. The highest BCUT2D eigenvalue weighted by molar-refractivity contribution is 5.89. The maximum absolute atomic E-state index is 11.6. The molecule has 0 unspecified atom stereocenters. The maximum atomic E-state index is 11.6. The Labute approximate surface area is 107 Å². The van der Waals surface area contributed by atoms with Crippen molar-refractivity contribution in [2.24, 2.45) is 0 Å². The van der Waals surface area contributed by atoms with Crippen LogP contribution in [0.4, 0.5) is 0 Å². The van der Waals surface area contributed by atoms with Gasteiger partial charge in [0.15, 0.2) is 0 Å². The lowest BCUT2D eigenvalue weighted by Crippen LogP contribution is -2.06. The van der Waals surface area contributed by atoms with Crippen molar-refractivity contribution in [3.8, 4) is 5.75 Å². The third-order valence-electron chi connectivity index (χ3n) is 2.40. The fourth-order valence-electron chi connectivity index (χ4n) is 1.63. The molecule has 0 amide bonds. The van der Waals surface area contributed by atoms with Crippen LogP contribution in [-0.4, -0.2) is 25.5 Å². The molecule has 1 aromatic carbocycles. The molecule has 0 spiro atoms. The van der Waals surface area contributed by atoms with E-state index < -0.39 is 0 Å². The first-order valence-electron chi connectivity index (χ1n) is 6.09. The van der Waals surface area contributed by atoms with Crippen molar-refractivity contribution in [3.63, 3.8) is 0 Å². The average molecular weight is 250 g/mol. The summed E-state index contributed by atoms with van der Waals surface area (Å²) in [5.41, 5.74) is 1.34. The molecule has 0 fully saturated rings. The zero-order valence-electron chi connectivity index (χ0n) is 10.8. The summed E-state index contributed by atoms with van der Waals surface area (Å²) in [6, 6.07) is 5.15. The largest absolute Gasteiger partial charge is 0.494 e. The molecule has 4 nitrogen and oxygen atoms in total. The summed E-state index contributed by atoms with van der Waals surface area (Å²) in [5.74, 6) is 0.361. The second-order valence-corrected chi connectivity index (χ2v) is 3.68. The van der Waals surface area contributed by atoms with Crippen molar-refractivity contribution in [3.05, 3.63) is 29.3 Å². The smallest absolute Gasteiger partial charge is 0.338 e. The van der Waals surface area contributed by atoms with E-state index in [1.54, 1.807) is 25.1 Å². The molecule has 0 aliphatic heterocycles. The van der Waals surface area contributed by atoms with Gasteiger partial charge >= 0.3 is 5.97 Å². The number of rotatable bonds is 7. The lowest BCUT2D eigenvalue weighted by atomic mass is 10.1. The summed E-state index contributed by atoms with van der Waals surface area (Å²) in [6.45, 7) is 4.55. The van der Waals surface area contributed by atoms with E-state index in [9.17, 15) is 9.59 Å². The van der Waals surface area contributed by atoms with Crippen LogP contribution in [0.15, 0.2) is 18.2 Å². The van der Waals surface area contributed by atoms with Crippen LogP contribution in [0.25, 0.3) is 0 Å². The van der Waals surface area contributed by atoms with Crippen LogP contribution < -0.4 is 4.74 Å². The van der Waals surface area contributed by atoms with E-state index in [4.69, 9.17) is 9.47 Å². The fourth-order valence-corrected chi connectivity index (χ4v) is 1.63. The van der Waals surface area contributed by atoms with Gasteiger partial charge in [-0.3, -0.25) is 0 Å². The standard InChI is InChI=1S/C14H18O4/c1-3-17-13-8-7-12(14(16)18-4-2)10-11(13)6-5-9-15/h7-10H,3-6H2,1-2H3. The molecule has 0 bridgehead atoms. The second kappa shape index (κ2) is 7.48. The number of ether oxygens (including phenoxy) is 2. The van der Waals surface area contributed by atoms with Crippen molar-refractivity contribution >= 4 is 12.3 Å². The van der Waals surface area contributed by atoms with Crippen molar-refractivity contribution in [1.82, 2.24) is 0 Å². The van der Waals surface area contributed by atoms with Crippen LogP contribution in [0.2, 0.25) is 0 Å². The van der Waals surface area contributed by atoms with Gasteiger partial charge in [-0.1, -0.05) is 0 Å². The summed E-state index contributed by atoms with van der Waals surface area (Å²) in [7, 11) is 0. The molecule has 4 heteroatoms. The lowest BCUT2D eigenvalue weighted by molar-refractivity contribution is -0.107. The van der Waals surface area contributed by atoms with Crippen LogP contribution >= 0.6 is 0 Å². The molecule has 18 heavy (non-hydrogen) atoms. The van der Waals surface area contributed by atoms with E-state index in [0.29, 0.717) is 37.4 Å². The molecule has 0 aliphatic rings. The molecule has 1 aromatic rings. The Balaban J connectivity index is 2.95. The lowest BCUT2D eigenvalue weighted by Gasteiger charge is -2.11. The zero-order valence-corrected chi connectivity index (χ0v) is 10.8. The molecule has 0 saturated carbocycles. The highest BCUT2D eigenvalue weighted by atomic mass is 16.5. The Hall–Kier alpha value is -1.84. The molecule has 0 aromatic heterocycles. The molecular weight excluding hydrogens is 232 g/mol. The van der Waals surface area contributed by atoms with Gasteiger partial charge in [0.1, 0.15) is 12.0 Å². The van der Waals surface area contributed by atoms with Gasteiger partial charge in [-0.15, -0.1) is 0 Å². The van der Waals surface area contributed by atoms with Gasteiger partial charge in [-0.2, -0.15) is 0 Å². The molecule has 0 atom stereocenters. The Bertz CT molecular complexity index is 412. The number of carbonyl (C=O) groups excluding carboxylic acids is 2. The van der Waals surface area contributed by atoms with Gasteiger partial charge in [0.2, 0.25) is 0 Å². The number of aryl methyl sites for hydroxylation is 1. The van der Waals surface area contributed by atoms with E-state index in [1.165, 1.54) is 0 Å². The Morgan fingerprint density at radius 1 is 1.28 bits per heavy atom. The minimum atomic E-state index is -0.354. The Kier molecular flexibility index (Phi) is 5.91. The SMILES string of the molecule is CCOC(=O)c1ccc(OCC)c(CCC=O)c1. The Morgan fingerprint density at radius 3 is 2.67 bits per heavy atom. The first-order chi connectivity index (χ1) is 8.72. The minimum absolute atomic E-state index is 0.343. The van der Waals surface area contributed by atoms with Gasteiger partial charge in [-0.25, -0.2) is 4.79 Å². The normalized spacial score (nSPS) is 9.89. The highest BCUT2D eigenvalue weighted by Crippen LogP contribution is 2.22. The van der Waals surface area contributed by atoms with Crippen molar-refractivity contribution < 1.29 is 19.1 Å². The van der Waals surface area contributed by atoms with E-state index in [1.807, 2.05) is 6.92 Å². The zero-order chi connectivity index (χ0) is 13.4. The van der Waals surface area contributed by atoms with Crippen LogP contribution in [0.3, 0.4) is 0 Å². The van der Waals surface area contributed by atoms with Gasteiger partial charge in [0.25, 0.3) is 0 Å². The average Bonchev–Trinajstić information content (AvgIpc) is 2.38. The van der Waals surface area contributed by atoms with E-state index in [0.717, 1.165) is 11.8 Å². The molecule has 0 radical (unpaired) electrons. The fraction of sp³-hybridized carbons (Fsp3) is 0.429. The first kappa shape index (κ1) is 14.2. The molecule has 1 rings (SSSR count). The van der Waals surface area contributed by atoms with Crippen LogP contribution in [-0.2, 0) is 16.0 Å². The highest BCUT2D eigenvalue weighted by Gasteiger charge is 2.11. The quantitative estimate of drug-likeness (QED) is 0.550. The summed E-state index contributed by atoms with van der Waals surface area (Å²) in [6.07, 6.45) is 1.82. The summed E-state index contributed by atoms with van der Waals surface area (Å²) in [4.78, 5) is 22.0. The molecule has 0 heterocycles. The number of esters is 1. The summed E-state index contributed by atoms with van der Waals surface area (Å²) < 4.78 is 10.4. The number of hydrogen-bond acceptors (Lipinski definition) is 4. The van der Waals surface area contributed by atoms with Crippen molar-refractivity contribution in [2.75, 3.05) is 13.2 Å². The predicted octanol–water partition coefficient (Wildman–Crippen LogP) is 2.39. The van der Waals surface area contributed by atoms with E-state index in [2.05, 4.69) is 0 Å². The number of benzene rings is 1. The van der Waals surface area contributed by atoms with Crippen LogP contribution in [0, 0.1) is 0 Å². The summed E-state index contributed by atoms with van der Waals surface area (Å²) >= 11 is 0. The first-order valence-corrected chi connectivity index (χ1v) is 6.09. The van der Waals surface area contributed by atoms with E-state index in [-0.39, 0.29) is 5.97 Å². The molecular formula is C14H18O4. The van der Waals surface area contributed by atoms with Gasteiger partial charge in [0, 0.05) is 6.42 Å². The molecule has 0 N–H and O–H groups in total. The van der Waals surface area contributed by atoms with Gasteiger partial charge < -0.3 is 14.3 Å². The van der Waals surface area contributed by atoms with Crippen molar-refractivity contribution in [2.45, 2.75) is 26.7 Å². The van der Waals surface area contributed by atoms with E-state index >= 15 is 0 Å². The Morgan fingerprint density at radius 2 is 2.06 bits per heavy atom. The van der Waals surface area contributed by atoms with Crippen molar-refractivity contribution in [1.29, 1.82) is 0 Å². The van der Waals surface area contributed by atoms with Gasteiger partial charge in [-0.05, 0) is 44.0 Å². The minimum Gasteiger partial charge on any atom is -0.494 e. The molecule has 0 saturated heterocycles. The monoisotopic (exact) mass is 250 g/mol. The van der Waals surface area contributed by atoms with Crippen LogP contribution in [0.5, 0.6) is 5.75 Å². The number of hydrogen-bond donors (Lipinski definition) is 0. The number of aldehydes is 1. The van der Waals surface area contributed by atoms with Gasteiger partial charge in [0.05, 0.1) is 18.8 Å². The van der Waals surface area contributed by atoms with Crippen LogP contribution in [0.1, 0.15) is 36.2 Å². The topological polar surface area (TPSA) is 52.6 Å². The third kappa shape index (κ3) is 3.87. The molecule has 98 valence electrons. The third-order valence-corrected chi connectivity index (χ3v) is 2.40. The predicted molar refractivity (Wildman–Crippen MR) is 68.0 cm³/mol.